The zero-order valence-corrected chi connectivity index (χ0v) is 15.2. The third kappa shape index (κ3) is 6.38. The molecule has 1 aliphatic heterocycles. The molecule has 0 bridgehead atoms. The summed E-state index contributed by atoms with van der Waals surface area (Å²) in [5, 5.41) is 3.33. The van der Waals surface area contributed by atoms with Crippen molar-refractivity contribution < 1.29 is 14.3 Å². The van der Waals surface area contributed by atoms with Gasteiger partial charge in [0.2, 0.25) is 0 Å². The van der Waals surface area contributed by atoms with Crippen LogP contribution in [0.2, 0.25) is 0 Å². The number of hydrogen-bond acceptors (Lipinski definition) is 4. The summed E-state index contributed by atoms with van der Waals surface area (Å²) >= 11 is 0. The summed E-state index contributed by atoms with van der Waals surface area (Å²) in [5.74, 6) is 0.813. The number of rotatable bonds is 7. The molecule has 138 valence electrons. The summed E-state index contributed by atoms with van der Waals surface area (Å²) in [6, 6.07) is 10.1. The molecule has 0 amide bonds. The van der Waals surface area contributed by atoms with Gasteiger partial charge < -0.3 is 19.7 Å². The van der Waals surface area contributed by atoms with E-state index in [0.717, 1.165) is 31.9 Å². The van der Waals surface area contributed by atoms with E-state index in [4.69, 9.17) is 9.47 Å². The van der Waals surface area contributed by atoms with Crippen LogP contribution < -0.4 is 5.32 Å². The molecule has 2 rings (SSSR count). The van der Waals surface area contributed by atoms with Crippen LogP contribution in [0.4, 0.5) is 0 Å². The Kier molecular flexibility index (Phi) is 8.25. The molecule has 1 N–H and O–H groups in total. The average molecular weight is 347 g/mol. The molecule has 1 fully saturated rings. The first-order chi connectivity index (χ1) is 12.2. The van der Waals surface area contributed by atoms with E-state index in [9.17, 15) is 4.79 Å². The van der Waals surface area contributed by atoms with Crippen LogP contribution in [-0.4, -0.2) is 56.7 Å². The Hall–Kier alpha value is -2.08. The molecule has 6 nitrogen and oxygen atoms in total. The van der Waals surface area contributed by atoms with Gasteiger partial charge in [0.1, 0.15) is 0 Å². The van der Waals surface area contributed by atoms with Crippen molar-refractivity contribution in [2.24, 2.45) is 10.9 Å². The van der Waals surface area contributed by atoms with Gasteiger partial charge in [0.15, 0.2) is 5.96 Å². The predicted octanol–water partition coefficient (Wildman–Crippen LogP) is 2.05. The molecule has 1 heterocycles. The first kappa shape index (κ1) is 19.2. The third-order valence-corrected chi connectivity index (χ3v) is 4.27. The van der Waals surface area contributed by atoms with Crippen molar-refractivity contribution in [3.8, 4) is 0 Å². The maximum atomic E-state index is 11.8. The lowest BCUT2D eigenvalue weighted by atomic mass is 9.97. The van der Waals surface area contributed by atoms with Gasteiger partial charge in [-0.15, -0.1) is 0 Å². The highest BCUT2D eigenvalue weighted by molar-refractivity contribution is 5.80. The van der Waals surface area contributed by atoms with Crippen LogP contribution in [0.25, 0.3) is 0 Å². The van der Waals surface area contributed by atoms with Gasteiger partial charge in [-0.2, -0.15) is 0 Å². The van der Waals surface area contributed by atoms with Crippen molar-refractivity contribution in [2.45, 2.75) is 26.4 Å². The van der Waals surface area contributed by atoms with E-state index in [1.807, 2.05) is 25.1 Å². The Bertz CT molecular complexity index is 540. The third-order valence-electron chi connectivity index (χ3n) is 4.27. The molecular formula is C19H29N3O3. The fourth-order valence-electron chi connectivity index (χ4n) is 2.92. The van der Waals surface area contributed by atoms with Gasteiger partial charge in [-0.1, -0.05) is 30.3 Å². The van der Waals surface area contributed by atoms with Gasteiger partial charge in [0.25, 0.3) is 0 Å². The Morgan fingerprint density at radius 2 is 2.00 bits per heavy atom. The summed E-state index contributed by atoms with van der Waals surface area (Å²) in [7, 11) is 1.78. The molecule has 0 unspecified atom stereocenters. The van der Waals surface area contributed by atoms with Crippen LogP contribution >= 0.6 is 0 Å². The molecule has 0 spiro atoms. The minimum atomic E-state index is -0.0700. The van der Waals surface area contributed by atoms with E-state index >= 15 is 0 Å². The molecule has 1 aromatic carbocycles. The van der Waals surface area contributed by atoms with E-state index in [0.29, 0.717) is 26.4 Å². The van der Waals surface area contributed by atoms with Crippen LogP contribution in [0.3, 0.4) is 0 Å². The van der Waals surface area contributed by atoms with Crippen molar-refractivity contribution in [1.29, 1.82) is 0 Å². The van der Waals surface area contributed by atoms with Gasteiger partial charge >= 0.3 is 5.97 Å². The Morgan fingerprint density at radius 3 is 2.64 bits per heavy atom. The molecule has 6 heteroatoms. The Balaban J connectivity index is 1.65. The molecular weight excluding hydrogens is 318 g/mol. The molecule has 0 atom stereocenters. The number of ether oxygens (including phenoxy) is 2. The Labute approximate surface area is 150 Å². The molecule has 1 aromatic rings. The molecule has 1 aliphatic rings. The predicted molar refractivity (Wildman–Crippen MR) is 98.4 cm³/mol. The highest BCUT2D eigenvalue weighted by Crippen LogP contribution is 2.18. The average Bonchev–Trinajstić information content (AvgIpc) is 2.66. The van der Waals surface area contributed by atoms with Crippen LogP contribution in [-0.2, 0) is 20.9 Å². The number of hydrogen-bond donors (Lipinski definition) is 1. The van der Waals surface area contributed by atoms with Crippen LogP contribution in [0, 0.1) is 5.92 Å². The maximum Gasteiger partial charge on any atom is 0.309 e. The smallest absolute Gasteiger partial charge is 0.309 e. The first-order valence-corrected chi connectivity index (χ1v) is 8.98. The van der Waals surface area contributed by atoms with Crippen LogP contribution in [0.1, 0.15) is 25.3 Å². The second-order valence-corrected chi connectivity index (χ2v) is 6.03. The zero-order chi connectivity index (χ0) is 17.9. The van der Waals surface area contributed by atoms with E-state index in [1.54, 1.807) is 7.05 Å². The Morgan fingerprint density at radius 1 is 1.28 bits per heavy atom. The van der Waals surface area contributed by atoms with Crippen molar-refractivity contribution in [3.05, 3.63) is 35.9 Å². The maximum absolute atomic E-state index is 11.8. The minimum Gasteiger partial charge on any atom is -0.466 e. The number of carbonyl (C=O) groups excluding carboxylic acids is 1. The van der Waals surface area contributed by atoms with Gasteiger partial charge in [0, 0.05) is 26.7 Å². The highest BCUT2D eigenvalue weighted by Gasteiger charge is 2.27. The number of guanidine groups is 1. The molecule has 25 heavy (non-hydrogen) atoms. The highest BCUT2D eigenvalue weighted by atomic mass is 16.5. The number of nitrogens with zero attached hydrogens (tertiary/aromatic N) is 2. The molecule has 1 saturated heterocycles. The molecule has 0 aromatic heterocycles. The summed E-state index contributed by atoms with van der Waals surface area (Å²) in [6.45, 7) is 5.86. The zero-order valence-electron chi connectivity index (χ0n) is 15.2. The van der Waals surface area contributed by atoms with E-state index in [2.05, 4.69) is 27.3 Å². The van der Waals surface area contributed by atoms with Crippen LogP contribution in [0.15, 0.2) is 35.3 Å². The first-order valence-electron chi connectivity index (χ1n) is 8.98. The fraction of sp³-hybridized carbons (Fsp3) is 0.579. The number of likely N-dealkylation sites (tertiary alicyclic amines) is 1. The topological polar surface area (TPSA) is 63.2 Å². The van der Waals surface area contributed by atoms with Gasteiger partial charge in [-0.05, 0) is 25.3 Å². The van der Waals surface area contributed by atoms with E-state index < -0.39 is 0 Å². The van der Waals surface area contributed by atoms with Crippen molar-refractivity contribution >= 4 is 11.9 Å². The number of aliphatic imine (C=N–C) groups is 1. The SMILES string of the molecule is CCOC(=O)C1CCN(C(=NC)NCCOCc2ccccc2)CC1. The second kappa shape index (κ2) is 10.7. The van der Waals surface area contributed by atoms with Gasteiger partial charge in [-0.3, -0.25) is 9.79 Å². The number of esters is 1. The lowest BCUT2D eigenvalue weighted by Crippen LogP contribution is -2.47. The van der Waals surface area contributed by atoms with E-state index in [1.165, 1.54) is 5.56 Å². The normalized spacial score (nSPS) is 15.9. The summed E-state index contributed by atoms with van der Waals surface area (Å²) in [6.07, 6.45) is 1.62. The van der Waals surface area contributed by atoms with Gasteiger partial charge in [-0.25, -0.2) is 0 Å². The number of nitrogens with one attached hydrogen (secondary N) is 1. The fourth-order valence-corrected chi connectivity index (χ4v) is 2.92. The number of benzene rings is 1. The van der Waals surface area contributed by atoms with Crippen molar-refractivity contribution in [1.82, 2.24) is 10.2 Å². The monoisotopic (exact) mass is 347 g/mol. The number of piperidine rings is 1. The van der Waals surface area contributed by atoms with Crippen LogP contribution in [0.5, 0.6) is 0 Å². The standard InChI is InChI=1S/C19H29N3O3/c1-3-25-18(23)17-9-12-22(13-10-17)19(20-2)21-11-14-24-15-16-7-5-4-6-8-16/h4-8,17H,3,9-15H2,1-2H3,(H,20,21). The van der Waals surface area contributed by atoms with Gasteiger partial charge in [0.05, 0.1) is 25.7 Å². The quantitative estimate of drug-likeness (QED) is 0.354. The molecule has 0 saturated carbocycles. The largest absolute Gasteiger partial charge is 0.466 e. The van der Waals surface area contributed by atoms with E-state index in [-0.39, 0.29) is 11.9 Å². The van der Waals surface area contributed by atoms with Crippen molar-refractivity contribution in [3.63, 3.8) is 0 Å². The lowest BCUT2D eigenvalue weighted by Gasteiger charge is -2.33. The summed E-state index contributed by atoms with van der Waals surface area (Å²) in [4.78, 5) is 18.3. The number of carbonyl (C=O) groups is 1. The minimum absolute atomic E-state index is 0.0171. The molecule has 0 aliphatic carbocycles. The van der Waals surface area contributed by atoms with Crippen molar-refractivity contribution in [2.75, 3.05) is 39.9 Å². The molecule has 0 radical (unpaired) electrons. The second-order valence-electron chi connectivity index (χ2n) is 6.03. The summed E-state index contributed by atoms with van der Waals surface area (Å²) < 4.78 is 10.8. The lowest BCUT2D eigenvalue weighted by molar-refractivity contribution is -0.149. The summed E-state index contributed by atoms with van der Waals surface area (Å²) in [5.41, 5.74) is 1.17.